The molecule has 0 aromatic carbocycles. The first-order valence-electron chi connectivity index (χ1n) is 4.23. The predicted octanol–water partition coefficient (Wildman–Crippen LogP) is -2.30. The van der Waals surface area contributed by atoms with E-state index in [1.54, 1.807) is 0 Å². The molecule has 1 unspecified atom stereocenters. The highest BCUT2D eigenvalue weighted by Gasteiger charge is 2.50. The molecule has 4 N–H and O–H groups in total. The van der Waals surface area contributed by atoms with Gasteiger partial charge in [-0.1, -0.05) is 0 Å². The number of aliphatic hydroxyl groups excluding tert-OH is 3. The molecule has 2 aliphatic heterocycles. The van der Waals surface area contributed by atoms with Crippen LogP contribution >= 0.6 is 12.2 Å². The molecule has 0 radical (unpaired) electrons. The molecule has 7 heteroatoms. The van der Waals surface area contributed by atoms with E-state index in [1.165, 1.54) is 0 Å². The minimum absolute atomic E-state index is 0.125. The summed E-state index contributed by atoms with van der Waals surface area (Å²) >= 11 is 4.74. The van der Waals surface area contributed by atoms with Crippen LogP contribution in [-0.4, -0.2) is 57.7 Å². The largest absolute Gasteiger partial charge is 0.462 e. The molecule has 2 fully saturated rings. The molecule has 2 heterocycles. The van der Waals surface area contributed by atoms with Crippen LogP contribution in [0.1, 0.15) is 0 Å². The molecule has 0 aromatic rings. The van der Waals surface area contributed by atoms with E-state index in [4.69, 9.17) is 26.8 Å². The average Bonchev–Trinajstić information content (AvgIpc) is 2.54. The Balaban J connectivity index is 2.15. The van der Waals surface area contributed by atoms with E-state index in [9.17, 15) is 10.2 Å². The van der Waals surface area contributed by atoms with Crippen LogP contribution in [0.15, 0.2) is 0 Å². The van der Waals surface area contributed by atoms with Gasteiger partial charge < -0.3 is 30.1 Å². The van der Waals surface area contributed by atoms with E-state index in [1.807, 2.05) is 0 Å². The Kier molecular flexibility index (Phi) is 2.58. The Morgan fingerprint density at radius 2 is 2.14 bits per heavy atom. The van der Waals surface area contributed by atoms with Gasteiger partial charge in [0.25, 0.3) is 5.17 Å². The Labute approximate surface area is 85.4 Å². The van der Waals surface area contributed by atoms with Gasteiger partial charge in [-0.15, -0.1) is 0 Å². The van der Waals surface area contributed by atoms with Crippen LogP contribution in [0.3, 0.4) is 0 Å². The van der Waals surface area contributed by atoms with E-state index in [-0.39, 0.29) is 11.8 Å². The zero-order valence-electron chi connectivity index (χ0n) is 7.16. The molecule has 6 nitrogen and oxygen atoms in total. The number of rotatable bonds is 1. The van der Waals surface area contributed by atoms with E-state index in [2.05, 4.69) is 5.32 Å². The quantitative estimate of drug-likeness (QED) is 0.370. The van der Waals surface area contributed by atoms with Gasteiger partial charge in [-0.3, -0.25) is 0 Å². The Morgan fingerprint density at radius 1 is 1.43 bits per heavy atom. The van der Waals surface area contributed by atoms with E-state index in [0.717, 1.165) is 0 Å². The second kappa shape index (κ2) is 3.59. The van der Waals surface area contributed by atoms with Crippen molar-refractivity contribution in [1.82, 2.24) is 5.32 Å². The minimum Gasteiger partial charge on any atom is -0.462 e. The maximum Gasteiger partial charge on any atom is 0.257 e. The third kappa shape index (κ3) is 1.47. The maximum atomic E-state index is 9.65. The van der Waals surface area contributed by atoms with Gasteiger partial charge in [-0.25, -0.2) is 0 Å². The van der Waals surface area contributed by atoms with Crippen molar-refractivity contribution in [2.24, 2.45) is 0 Å². The average molecular weight is 221 g/mol. The normalized spacial score (nSPS) is 46.8. The van der Waals surface area contributed by atoms with Gasteiger partial charge in [0, 0.05) is 0 Å². The fourth-order valence-electron chi connectivity index (χ4n) is 1.67. The molecule has 0 bridgehead atoms. The molecule has 2 aliphatic rings. The van der Waals surface area contributed by atoms with Crippen molar-refractivity contribution in [3.8, 4) is 0 Å². The Hall–Kier alpha value is -0.470. The predicted molar refractivity (Wildman–Crippen MR) is 48.4 cm³/mol. The zero-order chi connectivity index (χ0) is 10.3. The highest BCUT2D eigenvalue weighted by atomic mass is 32.1. The highest BCUT2D eigenvalue weighted by molar-refractivity contribution is 7.80. The fraction of sp³-hybridized carbons (Fsp3) is 0.857. The van der Waals surface area contributed by atoms with Crippen molar-refractivity contribution in [3.63, 3.8) is 0 Å². The summed E-state index contributed by atoms with van der Waals surface area (Å²) in [7, 11) is 0. The summed E-state index contributed by atoms with van der Waals surface area (Å²) in [4.78, 5) is 0. The molecule has 2 rings (SSSR count). The summed E-state index contributed by atoms with van der Waals surface area (Å²) in [6.07, 6.45) is -3.64. The summed E-state index contributed by atoms with van der Waals surface area (Å²) < 4.78 is 10.1. The van der Waals surface area contributed by atoms with Crippen molar-refractivity contribution < 1.29 is 24.8 Å². The Morgan fingerprint density at radius 3 is 2.79 bits per heavy atom. The maximum absolute atomic E-state index is 9.65. The van der Waals surface area contributed by atoms with Crippen LogP contribution in [0.4, 0.5) is 0 Å². The first-order chi connectivity index (χ1) is 6.63. The monoisotopic (exact) mass is 221 g/mol. The van der Waals surface area contributed by atoms with Crippen LogP contribution in [0.2, 0.25) is 0 Å². The van der Waals surface area contributed by atoms with Gasteiger partial charge in [-0.2, -0.15) is 0 Å². The van der Waals surface area contributed by atoms with Gasteiger partial charge in [0.1, 0.15) is 18.2 Å². The number of fused-ring (bicyclic) bond motifs is 1. The molecule has 5 atom stereocenters. The van der Waals surface area contributed by atoms with E-state index >= 15 is 0 Å². The van der Waals surface area contributed by atoms with Gasteiger partial charge in [0.2, 0.25) is 0 Å². The lowest BCUT2D eigenvalue weighted by molar-refractivity contribution is -0.240. The molecule has 0 aliphatic carbocycles. The van der Waals surface area contributed by atoms with Crippen molar-refractivity contribution in [3.05, 3.63) is 0 Å². The lowest BCUT2D eigenvalue weighted by Crippen LogP contribution is -2.59. The third-order valence-electron chi connectivity index (χ3n) is 2.40. The molecule has 0 saturated carbocycles. The number of aliphatic hydroxyl groups is 3. The topological polar surface area (TPSA) is 91.2 Å². The fourth-order valence-corrected chi connectivity index (χ4v) is 1.92. The second-order valence-corrected chi connectivity index (χ2v) is 3.65. The van der Waals surface area contributed by atoms with Gasteiger partial charge in [0.05, 0.1) is 6.61 Å². The SMILES string of the molecule is OC[C@H]1OC(O)[C@H]2NC(=S)O[C@H]2[C@@H]1O. The molecule has 0 amide bonds. The van der Waals surface area contributed by atoms with Crippen molar-refractivity contribution in [2.75, 3.05) is 6.61 Å². The first-order valence-corrected chi connectivity index (χ1v) is 4.64. The summed E-state index contributed by atoms with van der Waals surface area (Å²) in [5, 5.41) is 30.8. The smallest absolute Gasteiger partial charge is 0.257 e. The van der Waals surface area contributed by atoms with Crippen molar-refractivity contribution >= 4 is 17.4 Å². The van der Waals surface area contributed by atoms with Gasteiger partial charge in [-0.05, 0) is 12.2 Å². The summed E-state index contributed by atoms with van der Waals surface area (Å²) in [5.41, 5.74) is 0. The third-order valence-corrected chi connectivity index (χ3v) is 2.61. The molecule has 2 saturated heterocycles. The number of hydrogen-bond acceptors (Lipinski definition) is 6. The van der Waals surface area contributed by atoms with Crippen molar-refractivity contribution in [2.45, 2.75) is 30.6 Å². The first kappa shape index (κ1) is 10.1. The Bertz CT molecular complexity index is 250. The molecule has 0 aromatic heterocycles. The van der Waals surface area contributed by atoms with E-state index in [0.29, 0.717) is 0 Å². The number of nitrogens with one attached hydrogen (secondary N) is 1. The highest BCUT2D eigenvalue weighted by Crippen LogP contribution is 2.25. The van der Waals surface area contributed by atoms with Crippen LogP contribution in [0, 0.1) is 0 Å². The molecule has 0 spiro atoms. The molecule has 14 heavy (non-hydrogen) atoms. The zero-order valence-corrected chi connectivity index (χ0v) is 7.98. The van der Waals surface area contributed by atoms with Gasteiger partial charge in [0.15, 0.2) is 12.4 Å². The van der Waals surface area contributed by atoms with Crippen molar-refractivity contribution in [1.29, 1.82) is 0 Å². The van der Waals surface area contributed by atoms with Crippen LogP contribution < -0.4 is 5.32 Å². The van der Waals surface area contributed by atoms with Gasteiger partial charge >= 0.3 is 0 Å². The standard InChI is InChI=1S/C7H11NO5S/c9-1-2-4(10)5-3(6(11)12-2)8-7(14)13-5/h2-6,9-11H,1H2,(H,8,14)/t2-,3+,4-,5-,6?/m1/s1. The number of thiocarbonyl (C=S) groups is 1. The molecular formula is C7H11NO5S. The molecular weight excluding hydrogens is 210 g/mol. The minimum atomic E-state index is -1.14. The summed E-state index contributed by atoms with van der Waals surface area (Å²) in [6, 6.07) is -0.569. The van der Waals surface area contributed by atoms with Crippen LogP contribution in [-0.2, 0) is 9.47 Å². The second-order valence-electron chi connectivity index (χ2n) is 3.28. The van der Waals surface area contributed by atoms with E-state index < -0.39 is 30.6 Å². The molecule has 80 valence electrons. The van der Waals surface area contributed by atoms with Crippen LogP contribution in [0.25, 0.3) is 0 Å². The lowest BCUT2D eigenvalue weighted by Gasteiger charge is -2.37. The summed E-state index contributed by atoms with van der Waals surface area (Å²) in [6.45, 7) is -0.377. The lowest BCUT2D eigenvalue weighted by atomic mass is 9.98. The number of ether oxygens (including phenoxy) is 2. The summed E-state index contributed by atoms with van der Waals surface area (Å²) in [5.74, 6) is 0. The number of hydrogen-bond donors (Lipinski definition) is 4. The van der Waals surface area contributed by atoms with Crippen LogP contribution in [0.5, 0.6) is 0 Å².